The average molecular weight is 521 g/mol. The summed E-state index contributed by atoms with van der Waals surface area (Å²) >= 11 is 3.52. The summed E-state index contributed by atoms with van der Waals surface area (Å²) in [5, 5.41) is 0. The molecule has 0 aliphatic heterocycles. The Kier molecular flexibility index (Phi) is 10.3. The van der Waals surface area contributed by atoms with Gasteiger partial charge in [0.2, 0.25) is 0 Å². The first-order valence-corrected chi connectivity index (χ1v) is 11.7. The molecule has 1 aromatic heterocycles. The second-order valence-electron chi connectivity index (χ2n) is 7.39. The Morgan fingerprint density at radius 3 is 2.24 bits per heavy atom. The summed E-state index contributed by atoms with van der Waals surface area (Å²) in [7, 11) is 1.71. The van der Waals surface area contributed by atoms with Crippen molar-refractivity contribution in [2.45, 2.75) is 26.2 Å². The number of hydrogen-bond donors (Lipinski definition) is 0. The number of aryl methyl sites for hydroxylation is 1. The zero-order valence-corrected chi connectivity index (χ0v) is 20.6. The summed E-state index contributed by atoms with van der Waals surface area (Å²) in [4.78, 5) is 21.5. The molecule has 0 fully saturated rings. The van der Waals surface area contributed by atoms with Crippen LogP contribution in [0.3, 0.4) is 0 Å². The zero-order valence-electron chi connectivity index (χ0n) is 19.0. The molecule has 1 heterocycles. The van der Waals surface area contributed by atoms with Crippen molar-refractivity contribution in [3.05, 3.63) is 40.4 Å². The number of ether oxygens (including phenoxy) is 5. The molecule has 0 amide bonds. The van der Waals surface area contributed by atoms with Gasteiger partial charge in [-0.25, -0.2) is 14.8 Å². The molecule has 0 saturated carbocycles. The quantitative estimate of drug-likeness (QED) is 0.131. The predicted molar refractivity (Wildman–Crippen MR) is 129 cm³/mol. The van der Waals surface area contributed by atoms with Crippen molar-refractivity contribution in [3.63, 3.8) is 0 Å². The van der Waals surface area contributed by atoms with Gasteiger partial charge in [-0.2, -0.15) is 0 Å². The number of halogens is 1. The maximum Gasteiger partial charge on any atom is 0.514 e. The third kappa shape index (κ3) is 7.60. The minimum absolute atomic E-state index is 0.0813. The maximum absolute atomic E-state index is 12.2. The number of aromatic nitrogens is 2. The molecular weight excluding hydrogens is 492 g/mol. The van der Waals surface area contributed by atoms with Gasteiger partial charge in [-0.3, -0.25) is 0 Å². The molecule has 8 nitrogen and oxygen atoms in total. The fourth-order valence-electron chi connectivity index (χ4n) is 3.21. The highest BCUT2D eigenvalue weighted by Crippen LogP contribution is 2.34. The molecule has 0 aliphatic carbocycles. The SMILES string of the molecule is COCCCCCOCCOCCOC(=O)Oc1c(C)cc(Br)c2nc3ccccc3nc12. The number of unbranched alkanes of at least 4 members (excludes halogenated alkanes) is 2. The number of rotatable bonds is 13. The van der Waals surface area contributed by atoms with Crippen LogP contribution in [-0.2, 0) is 18.9 Å². The van der Waals surface area contributed by atoms with Gasteiger partial charge in [0.1, 0.15) is 17.6 Å². The van der Waals surface area contributed by atoms with Crippen LogP contribution < -0.4 is 4.74 Å². The van der Waals surface area contributed by atoms with Crippen molar-refractivity contribution in [1.82, 2.24) is 9.97 Å². The molecule has 9 heteroatoms. The van der Waals surface area contributed by atoms with Gasteiger partial charge in [0.25, 0.3) is 0 Å². The second kappa shape index (κ2) is 13.4. The van der Waals surface area contributed by atoms with Crippen LogP contribution in [0.1, 0.15) is 24.8 Å². The number of carbonyl (C=O) groups excluding carboxylic acids is 1. The van der Waals surface area contributed by atoms with Crippen LogP contribution in [0, 0.1) is 6.92 Å². The van der Waals surface area contributed by atoms with Crippen LogP contribution in [0.15, 0.2) is 34.8 Å². The molecule has 0 atom stereocenters. The van der Waals surface area contributed by atoms with E-state index in [1.807, 2.05) is 37.3 Å². The molecule has 0 N–H and O–H groups in total. The largest absolute Gasteiger partial charge is 0.514 e. The number of para-hydroxylation sites is 2. The molecular formula is C24H29BrN2O6. The molecule has 33 heavy (non-hydrogen) atoms. The average Bonchev–Trinajstić information content (AvgIpc) is 2.81. The number of nitrogens with zero attached hydrogens (tertiary/aromatic N) is 2. The normalized spacial score (nSPS) is 11.2. The van der Waals surface area contributed by atoms with Gasteiger partial charge >= 0.3 is 6.16 Å². The monoisotopic (exact) mass is 520 g/mol. The minimum Gasteiger partial charge on any atom is -0.432 e. The number of fused-ring (bicyclic) bond motifs is 2. The fraction of sp³-hybridized carbons (Fsp3) is 0.458. The number of benzene rings is 2. The van der Waals surface area contributed by atoms with E-state index in [-0.39, 0.29) is 13.2 Å². The molecule has 0 spiro atoms. The lowest BCUT2D eigenvalue weighted by molar-refractivity contribution is 0.0198. The van der Waals surface area contributed by atoms with Gasteiger partial charge in [0, 0.05) is 24.8 Å². The van der Waals surface area contributed by atoms with Crippen molar-refractivity contribution < 1.29 is 28.5 Å². The van der Waals surface area contributed by atoms with E-state index in [2.05, 4.69) is 25.9 Å². The van der Waals surface area contributed by atoms with E-state index in [0.29, 0.717) is 42.1 Å². The van der Waals surface area contributed by atoms with Gasteiger partial charge < -0.3 is 23.7 Å². The van der Waals surface area contributed by atoms with Crippen LogP contribution in [0.5, 0.6) is 5.75 Å². The van der Waals surface area contributed by atoms with Crippen molar-refractivity contribution >= 4 is 44.2 Å². The molecule has 3 rings (SSSR count). The van der Waals surface area contributed by atoms with Crippen LogP contribution in [0.4, 0.5) is 4.79 Å². The Balaban J connectivity index is 1.43. The van der Waals surface area contributed by atoms with Crippen LogP contribution >= 0.6 is 15.9 Å². The van der Waals surface area contributed by atoms with E-state index in [9.17, 15) is 4.79 Å². The van der Waals surface area contributed by atoms with E-state index < -0.39 is 6.16 Å². The lowest BCUT2D eigenvalue weighted by Gasteiger charge is -2.12. The molecule has 0 radical (unpaired) electrons. The zero-order chi connectivity index (χ0) is 23.5. The first-order chi connectivity index (χ1) is 16.1. The summed E-state index contributed by atoms with van der Waals surface area (Å²) in [6, 6.07) is 9.38. The Hall–Kier alpha value is -2.33. The van der Waals surface area contributed by atoms with Gasteiger partial charge in [0.05, 0.1) is 30.9 Å². The lowest BCUT2D eigenvalue weighted by Crippen LogP contribution is -2.16. The molecule has 0 unspecified atom stereocenters. The van der Waals surface area contributed by atoms with Crippen molar-refractivity contribution in [1.29, 1.82) is 0 Å². The molecule has 178 valence electrons. The predicted octanol–water partition coefficient (Wildman–Crippen LogP) is 5.22. The molecule has 0 aliphatic rings. The van der Waals surface area contributed by atoms with Gasteiger partial charge in [-0.05, 0) is 65.9 Å². The smallest absolute Gasteiger partial charge is 0.432 e. The first kappa shape index (κ1) is 25.3. The second-order valence-corrected chi connectivity index (χ2v) is 8.25. The Labute approximate surface area is 201 Å². The van der Waals surface area contributed by atoms with Crippen molar-refractivity contribution in [3.8, 4) is 5.75 Å². The highest BCUT2D eigenvalue weighted by atomic mass is 79.9. The topological polar surface area (TPSA) is 89.0 Å². The third-order valence-corrected chi connectivity index (χ3v) is 5.46. The summed E-state index contributed by atoms with van der Waals surface area (Å²) in [5.41, 5.74) is 3.32. The van der Waals surface area contributed by atoms with Crippen LogP contribution in [0.2, 0.25) is 0 Å². The molecule has 0 saturated heterocycles. The van der Waals surface area contributed by atoms with E-state index in [0.717, 1.165) is 41.4 Å². The summed E-state index contributed by atoms with van der Waals surface area (Å²) in [5.74, 6) is 0.330. The van der Waals surface area contributed by atoms with Crippen molar-refractivity contribution in [2.24, 2.45) is 0 Å². The summed E-state index contributed by atoms with van der Waals surface area (Å²) < 4.78 is 27.4. The number of carbonyl (C=O) groups is 1. The maximum atomic E-state index is 12.2. The highest BCUT2D eigenvalue weighted by Gasteiger charge is 2.17. The number of methoxy groups -OCH3 is 1. The van der Waals surface area contributed by atoms with E-state index in [1.165, 1.54) is 0 Å². The Morgan fingerprint density at radius 1 is 0.879 bits per heavy atom. The van der Waals surface area contributed by atoms with Gasteiger partial charge in [0.15, 0.2) is 5.75 Å². The Bertz CT molecular complexity index is 1060. The van der Waals surface area contributed by atoms with Gasteiger partial charge in [-0.15, -0.1) is 0 Å². The minimum atomic E-state index is -0.812. The first-order valence-electron chi connectivity index (χ1n) is 10.9. The lowest BCUT2D eigenvalue weighted by atomic mass is 10.1. The van der Waals surface area contributed by atoms with Crippen LogP contribution in [-0.4, -0.2) is 62.9 Å². The highest BCUT2D eigenvalue weighted by molar-refractivity contribution is 9.10. The summed E-state index contributed by atoms with van der Waals surface area (Å²) in [6.07, 6.45) is 2.32. The fourth-order valence-corrected chi connectivity index (χ4v) is 3.83. The third-order valence-electron chi connectivity index (χ3n) is 4.86. The van der Waals surface area contributed by atoms with Gasteiger partial charge in [-0.1, -0.05) is 12.1 Å². The Morgan fingerprint density at radius 2 is 1.52 bits per heavy atom. The van der Waals surface area contributed by atoms with E-state index in [4.69, 9.17) is 23.7 Å². The standard InChI is InChI=1S/C24H29BrN2O6/c1-17-16-18(25)21-22(27-20-9-5-4-8-19(20)26-21)23(17)33-24(28)32-15-14-31-13-12-30-11-7-3-6-10-29-2/h4-5,8-9,16H,3,6-7,10-15H2,1-2H3. The van der Waals surface area contributed by atoms with Crippen molar-refractivity contribution in [2.75, 3.05) is 46.8 Å². The summed E-state index contributed by atoms with van der Waals surface area (Å²) in [6.45, 7) is 4.61. The molecule has 3 aromatic rings. The van der Waals surface area contributed by atoms with Crippen LogP contribution in [0.25, 0.3) is 22.1 Å². The van der Waals surface area contributed by atoms with E-state index in [1.54, 1.807) is 7.11 Å². The number of hydrogen-bond acceptors (Lipinski definition) is 8. The van der Waals surface area contributed by atoms with E-state index >= 15 is 0 Å². The molecule has 2 aromatic carbocycles. The molecule has 0 bridgehead atoms.